The molecule has 6 heteroatoms. The number of aromatic nitrogens is 2. The molecule has 0 spiro atoms. The summed E-state index contributed by atoms with van der Waals surface area (Å²) in [5, 5.41) is 0. The van der Waals surface area contributed by atoms with Gasteiger partial charge < -0.3 is 9.88 Å². The third-order valence-electron chi connectivity index (χ3n) is 6.44. The predicted molar refractivity (Wildman–Crippen MR) is 78.1 cm³/mol. The first-order valence-electron chi connectivity index (χ1n) is 8.26. The lowest BCUT2D eigenvalue weighted by Crippen LogP contribution is -2.42. The van der Waals surface area contributed by atoms with E-state index in [1.807, 2.05) is 4.90 Å². The fraction of sp³-hybridized carbons (Fsp3) is 0.688. The smallest absolute Gasteiger partial charge is 0.325 e. The molecular weight excluding hydrogens is 282 g/mol. The van der Waals surface area contributed by atoms with Crippen LogP contribution in [0.1, 0.15) is 30.5 Å². The minimum absolute atomic E-state index is 0.224. The lowest BCUT2D eigenvalue weighted by atomic mass is 10.00. The van der Waals surface area contributed by atoms with Crippen molar-refractivity contribution in [2.75, 3.05) is 6.54 Å². The second-order valence-electron chi connectivity index (χ2n) is 7.39. The van der Waals surface area contributed by atoms with Gasteiger partial charge in [-0.25, -0.2) is 4.79 Å². The third-order valence-corrected chi connectivity index (χ3v) is 6.44. The summed E-state index contributed by atoms with van der Waals surface area (Å²) in [5.41, 5.74) is 0.438. The molecule has 1 aliphatic heterocycles. The van der Waals surface area contributed by atoms with E-state index >= 15 is 0 Å². The monoisotopic (exact) mass is 301 g/mol. The number of H-pyrrole nitrogens is 2. The molecule has 22 heavy (non-hydrogen) atoms. The molecule has 6 nitrogen and oxygen atoms in total. The van der Waals surface area contributed by atoms with Gasteiger partial charge in [0.05, 0.1) is 6.54 Å². The van der Waals surface area contributed by atoms with Crippen molar-refractivity contribution in [3.63, 3.8) is 0 Å². The number of carbonyl (C=O) groups is 1. The van der Waals surface area contributed by atoms with Crippen LogP contribution in [0.3, 0.4) is 0 Å². The first-order chi connectivity index (χ1) is 10.6. The Kier molecular flexibility index (Phi) is 2.37. The third kappa shape index (κ3) is 1.58. The molecule has 3 fully saturated rings. The van der Waals surface area contributed by atoms with Gasteiger partial charge in [-0.2, -0.15) is 0 Å². The average Bonchev–Trinajstić information content (AvgIpc) is 2.92. The van der Waals surface area contributed by atoms with Crippen LogP contribution in [0.15, 0.2) is 9.59 Å². The summed E-state index contributed by atoms with van der Waals surface area (Å²) in [6.07, 6.45) is 4.48. The number of rotatable bonds is 1. The van der Waals surface area contributed by atoms with Crippen LogP contribution in [0.25, 0.3) is 0 Å². The highest BCUT2D eigenvalue weighted by Crippen LogP contribution is 2.69. The van der Waals surface area contributed by atoms with Crippen LogP contribution >= 0.6 is 0 Å². The van der Waals surface area contributed by atoms with Crippen LogP contribution in [0.4, 0.5) is 0 Å². The van der Waals surface area contributed by atoms with Crippen molar-refractivity contribution >= 4 is 5.91 Å². The molecule has 1 amide bonds. The second kappa shape index (κ2) is 4.12. The van der Waals surface area contributed by atoms with Crippen LogP contribution in [-0.2, 0) is 17.8 Å². The summed E-state index contributed by atoms with van der Waals surface area (Å²) >= 11 is 0. The van der Waals surface area contributed by atoms with Crippen molar-refractivity contribution in [1.29, 1.82) is 0 Å². The maximum absolute atomic E-state index is 12.8. The van der Waals surface area contributed by atoms with Crippen molar-refractivity contribution in [3.05, 3.63) is 32.1 Å². The van der Waals surface area contributed by atoms with E-state index in [4.69, 9.17) is 0 Å². The molecule has 3 aliphatic carbocycles. The highest BCUT2D eigenvalue weighted by Gasteiger charge is 2.68. The maximum atomic E-state index is 12.8. The van der Waals surface area contributed by atoms with E-state index < -0.39 is 5.69 Å². The Morgan fingerprint density at radius 3 is 2.55 bits per heavy atom. The number of aromatic amines is 2. The molecule has 0 radical (unpaired) electrons. The van der Waals surface area contributed by atoms with E-state index in [0.29, 0.717) is 42.6 Å². The first-order valence-corrected chi connectivity index (χ1v) is 8.26. The van der Waals surface area contributed by atoms with Gasteiger partial charge in [-0.3, -0.25) is 14.6 Å². The Hall–Kier alpha value is -1.85. The molecular formula is C16H19N3O3. The van der Waals surface area contributed by atoms with Gasteiger partial charge in [0.1, 0.15) is 0 Å². The van der Waals surface area contributed by atoms with Crippen molar-refractivity contribution < 1.29 is 4.79 Å². The summed E-state index contributed by atoms with van der Waals surface area (Å²) in [5.74, 6) is 3.30. The Labute approximate surface area is 126 Å². The molecule has 116 valence electrons. The molecule has 1 unspecified atom stereocenters. The number of amides is 1. The van der Waals surface area contributed by atoms with Gasteiger partial charge in [-0.15, -0.1) is 0 Å². The molecule has 5 atom stereocenters. The molecule has 3 saturated carbocycles. The van der Waals surface area contributed by atoms with E-state index in [1.54, 1.807) is 0 Å². The van der Waals surface area contributed by atoms with Crippen molar-refractivity contribution in [2.24, 2.45) is 29.6 Å². The van der Waals surface area contributed by atoms with Crippen LogP contribution in [0.5, 0.6) is 0 Å². The molecule has 1 aromatic rings. The standard InChI is InChI=1S/C16H19N3O3/c20-14-9-3-4-19(6-10(9)17-16(22)18-14)15(21)13-11-7-1-2-8(5-7)12(11)13/h7-8,11-13H,1-6H2,(H2,17,18,20,22)/t7-,8+,11+,12-,13?. The number of fused-ring (bicyclic) bond motifs is 6. The summed E-state index contributed by atoms with van der Waals surface area (Å²) in [6, 6.07) is 0. The van der Waals surface area contributed by atoms with Gasteiger partial charge in [0.15, 0.2) is 0 Å². The molecule has 2 bridgehead atoms. The van der Waals surface area contributed by atoms with Gasteiger partial charge in [-0.1, -0.05) is 0 Å². The van der Waals surface area contributed by atoms with Gasteiger partial charge in [-0.05, 0) is 49.4 Å². The van der Waals surface area contributed by atoms with Gasteiger partial charge in [0.2, 0.25) is 5.91 Å². The summed E-state index contributed by atoms with van der Waals surface area (Å²) in [6.45, 7) is 0.963. The van der Waals surface area contributed by atoms with Crippen LogP contribution in [0.2, 0.25) is 0 Å². The number of hydrogen-bond donors (Lipinski definition) is 2. The highest BCUT2D eigenvalue weighted by molar-refractivity contribution is 5.83. The Bertz CT molecular complexity index is 764. The zero-order chi connectivity index (χ0) is 15.0. The molecule has 5 rings (SSSR count). The molecule has 4 aliphatic rings. The average molecular weight is 301 g/mol. The Morgan fingerprint density at radius 2 is 1.82 bits per heavy atom. The zero-order valence-electron chi connectivity index (χ0n) is 12.3. The van der Waals surface area contributed by atoms with Gasteiger partial charge >= 0.3 is 5.69 Å². The minimum Gasteiger partial charge on any atom is -0.336 e. The molecule has 0 aromatic carbocycles. The van der Waals surface area contributed by atoms with E-state index in [-0.39, 0.29) is 17.4 Å². The summed E-state index contributed by atoms with van der Waals surface area (Å²) in [7, 11) is 0. The second-order valence-corrected chi connectivity index (χ2v) is 7.39. The van der Waals surface area contributed by atoms with Crippen molar-refractivity contribution in [1.82, 2.24) is 14.9 Å². The fourth-order valence-electron chi connectivity index (χ4n) is 5.53. The highest BCUT2D eigenvalue weighted by atomic mass is 16.2. The molecule has 2 N–H and O–H groups in total. The lowest BCUT2D eigenvalue weighted by molar-refractivity contribution is -0.134. The zero-order valence-corrected chi connectivity index (χ0v) is 12.3. The first kappa shape index (κ1) is 12.7. The molecule has 2 heterocycles. The van der Waals surface area contributed by atoms with Crippen molar-refractivity contribution in [2.45, 2.75) is 32.2 Å². The molecule has 1 aromatic heterocycles. The quantitative estimate of drug-likeness (QED) is 0.779. The Balaban J connectivity index is 1.38. The van der Waals surface area contributed by atoms with E-state index in [2.05, 4.69) is 9.97 Å². The van der Waals surface area contributed by atoms with E-state index in [1.165, 1.54) is 19.3 Å². The lowest BCUT2D eigenvalue weighted by Gasteiger charge is -2.28. The SMILES string of the molecule is O=C(C1[C@@H]2[C@H]3CC[C@H](C3)[C@H]12)N1CCc2c([nH]c(=O)[nH]c2=O)C1. The number of carbonyl (C=O) groups excluding carboxylic acids is 1. The molecule has 0 saturated heterocycles. The van der Waals surface area contributed by atoms with Crippen LogP contribution < -0.4 is 11.2 Å². The largest absolute Gasteiger partial charge is 0.336 e. The number of nitrogens with zero attached hydrogens (tertiary/aromatic N) is 1. The van der Waals surface area contributed by atoms with Crippen LogP contribution in [-0.4, -0.2) is 27.3 Å². The number of hydrogen-bond acceptors (Lipinski definition) is 3. The van der Waals surface area contributed by atoms with Crippen LogP contribution in [0, 0.1) is 29.6 Å². The fourth-order valence-corrected chi connectivity index (χ4v) is 5.53. The Morgan fingerprint density at radius 1 is 1.09 bits per heavy atom. The van der Waals surface area contributed by atoms with E-state index in [9.17, 15) is 14.4 Å². The van der Waals surface area contributed by atoms with Gasteiger partial charge in [0.25, 0.3) is 5.56 Å². The predicted octanol–water partition coefficient (Wildman–Crippen LogP) is 0.240. The van der Waals surface area contributed by atoms with Crippen molar-refractivity contribution in [3.8, 4) is 0 Å². The normalized spacial score (nSPS) is 37.8. The summed E-state index contributed by atoms with van der Waals surface area (Å²) < 4.78 is 0. The number of nitrogens with one attached hydrogen (secondary N) is 2. The topological polar surface area (TPSA) is 86.0 Å². The minimum atomic E-state index is -0.487. The summed E-state index contributed by atoms with van der Waals surface area (Å²) in [4.78, 5) is 42.8. The van der Waals surface area contributed by atoms with E-state index in [0.717, 1.165) is 11.8 Å². The maximum Gasteiger partial charge on any atom is 0.325 e. The van der Waals surface area contributed by atoms with Gasteiger partial charge in [0, 0.05) is 23.7 Å².